The Bertz CT molecular complexity index is 647. The molecule has 82 valence electrons. The number of rotatable bonds is 2. The fourth-order valence-electron chi connectivity index (χ4n) is 1.98. The molecule has 0 fully saturated rings. The summed E-state index contributed by atoms with van der Waals surface area (Å²) >= 11 is 0. The second kappa shape index (κ2) is 4.30. The fourth-order valence-corrected chi connectivity index (χ4v) is 1.98. The molecule has 2 aromatic carbocycles. The molecule has 0 saturated heterocycles. The molecule has 0 atom stereocenters. The van der Waals surface area contributed by atoms with E-state index in [0.717, 1.165) is 0 Å². The van der Waals surface area contributed by atoms with Crippen molar-refractivity contribution in [2.75, 3.05) is 0 Å². The Hall–Kier alpha value is -2.28. The van der Waals surface area contributed by atoms with Crippen LogP contribution in [0, 0.1) is 0 Å². The first-order chi connectivity index (χ1) is 8.43. The summed E-state index contributed by atoms with van der Waals surface area (Å²) in [6.07, 6.45) is 6.33. The number of benzene rings is 2. The molecule has 0 amide bonds. The van der Waals surface area contributed by atoms with Crippen LogP contribution in [0.2, 0.25) is 0 Å². The van der Waals surface area contributed by atoms with Crippen molar-refractivity contribution in [1.82, 2.24) is 4.98 Å². The van der Waals surface area contributed by atoms with Crippen molar-refractivity contribution in [3.8, 4) is 0 Å². The largest absolute Gasteiger partial charge is 0.361 e. The van der Waals surface area contributed by atoms with Gasteiger partial charge in [0, 0.05) is 17.1 Å². The van der Waals surface area contributed by atoms with Crippen LogP contribution in [-0.2, 0) is 0 Å². The number of fused-ring (bicyclic) bond motifs is 1. The molecule has 0 spiro atoms. The highest BCUT2D eigenvalue weighted by Gasteiger charge is 1.98. The average molecular weight is 219 g/mol. The van der Waals surface area contributed by atoms with Crippen LogP contribution in [-0.4, -0.2) is 4.98 Å². The molecule has 0 radical (unpaired) electrons. The number of hydrogen-bond donors (Lipinski definition) is 1. The van der Waals surface area contributed by atoms with E-state index < -0.39 is 0 Å². The van der Waals surface area contributed by atoms with E-state index in [4.69, 9.17) is 0 Å². The number of aromatic amines is 1. The van der Waals surface area contributed by atoms with Crippen LogP contribution in [0.1, 0.15) is 11.1 Å². The Morgan fingerprint density at radius 2 is 1.53 bits per heavy atom. The zero-order valence-electron chi connectivity index (χ0n) is 9.43. The fraction of sp³-hybridized carbons (Fsp3) is 0. The summed E-state index contributed by atoms with van der Waals surface area (Å²) in [4.78, 5) is 3.27. The maximum absolute atomic E-state index is 3.27. The van der Waals surface area contributed by atoms with Gasteiger partial charge in [0.2, 0.25) is 0 Å². The number of nitrogens with one attached hydrogen (secondary N) is 1. The van der Waals surface area contributed by atoms with E-state index >= 15 is 0 Å². The van der Waals surface area contributed by atoms with Crippen LogP contribution >= 0.6 is 0 Å². The highest BCUT2D eigenvalue weighted by atomic mass is 14.7. The van der Waals surface area contributed by atoms with Gasteiger partial charge in [-0.2, -0.15) is 0 Å². The van der Waals surface area contributed by atoms with Crippen molar-refractivity contribution in [2.24, 2.45) is 0 Å². The normalized spacial score (nSPS) is 11.3. The second-order valence-corrected chi connectivity index (χ2v) is 4.03. The van der Waals surface area contributed by atoms with E-state index in [0.29, 0.717) is 0 Å². The summed E-state index contributed by atoms with van der Waals surface area (Å²) in [5, 5.41) is 1.26. The minimum absolute atomic E-state index is 1.18. The summed E-state index contributed by atoms with van der Waals surface area (Å²) in [5.74, 6) is 0. The van der Waals surface area contributed by atoms with E-state index in [9.17, 15) is 0 Å². The lowest BCUT2D eigenvalue weighted by atomic mass is 10.1. The van der Waals surface area contributed by atoms with Crippen molar-refractivity contribution in [2.45, 2.75) is 0 Å². The predicted molar refractivity (Wildman–Crippen MR) is 73.7 cm³/mol. The lowest BCUT2D eigenvalue weighted by molar-refractivity contribution is 1.47. The maximum Gasteiger partial charge on any atom is 0.0460 e. The minimum atomic E-state index is 1.18. The molecule has 0 aliphatic heterocycles. The third-order valence-corrected chi connectivity index (χ3v) is 2.88. The van der Waals surface area contributed by atoms with Gasteiger partial charge in [-0.25, -0.2) is 0 Å². The first-order valence-corrected chi connectivity index (χ1v) is 5.73. The standard InChI is InChI=1S/C16H13N/c1-2-6-13(7-3-1)10-11-14-12-17-16-9-5-4-8-15(14)16/h1-12,17H. The van der Waals surface area contributed by atoms with Crippen molar-refractivity contribution >= 4 is 23.1 Å². The van der Waals surface area contributed by atoms with Crippen molar-refractivity contribution in [3.05, 3.63) is 71.9 Å². The highest BCUT2D eigenvalue weighted by Crippen LogP contribution is 2.19. The maximum atomic E-state index is 3.27. The molecule has 1 heteroatoms. The number of para-hydroxylation sites is 1. The van der Waals surface area contributed by atoms with Gasteiger partial charge in [-0.15, -0.1) is 0 Å². The quantitative estimate of drug-likeness (QED) is 0.660. The molecular weight excluding hydrogens is 206 g/mol. The lowest BCUT2D eigenvalue weighted by Crippen LogP contribution is -1.70. The van der Waals surface area contributed by atoms with Gasteiger partial charge in [-0.1, -0.05) is 60.7 Å². The van der Waals surface area contributed by atoms with Gasteiger partial charge >= 0.3 is 0 Å². The van der Waals surface area contributed by atoms with Gasteiger partial charge in [0.1, 0.15) is 0 Å². The third kappa shape index (κ3) is 2.00. The van der Waals surface area contributed by atoms with Crippen molar-refractivity contribution < 1.29 is 0 Å². The van der Waals surface area contributed by atoms with Crippen LogP contribution in [0.25, 0.3) is 23.1 Å². The SMILES string of the molecule is C(=Cc1c[nH]c2ccccc12)c1ccccc1. The molecule has 1 N–H and O–H groups in total. The lowest BCUT2D eigenvalue weighted by Gasteiger charge is -1.92. The summed E-state index contributed by atoms with van der Waals surface area (Å²) in [5.41, 5.74) is 3.63. The highest BCUT2D eigenvalue weighted by molar-refractivity contribution is 5.91. The smallest absolute Gasteiger partial charge is 0.0460 e. The molecule has 3 aromatic rings. The average Bonchev–Trinajstić information content (AvgIpc) is 2.81. The van der Waals surface area contributed by atoms with E-state index in [2.05, 4.69) is 59.6 Å². The third-order valence-electron chi connectivity index (χ3n) is 2.88. The molecule has 0 unspecified atom stereocenters. The topological polar surface area (TPSA) is 15.8 Å². The Kier molecular flexibility index (Phi) is 2.51. The van der Waals surface area contributed by atoms with E-state index in [1.165, 1.54) is 22.0 Å². The first kappa shape index (κ1) is 9.91. The van der Waals surface area contributed by atoms with Crippen LogP contribution in [0.5, 0.6) is 0 Å². The predicted octanol–water partition coefficient (Wildman–Crippen LogP) is 4.34. The summed E-state index contributed by atoms with van der Waals surface area (Å²) in [6, 6.07) is 18.7. The van der Waals surface area contributed by atoms with Gasteiger partial charge in [-0.3, -0.25) is 0 Å². The summed E-state index contributed by atoms with van der Waals surface area (Å²) in [7, 11) is 0. The zero-order chi connectivity index (χ0) is 11.5. The van der Waals surface area contributed by atoms with Gasteiger partial charge < -0.3 is 4.98 Å². The Labute approximate surface area is 100 Å². The van der Waals surface area contributed by atoms with Gasteiger partial charge in [0.15, 0.2) is 0 Å². The molecule has 0 aliphatic carbocycles. The second-order valence-electron chi connectivity index (χ2n) is 4.03. The van der Waals surface area contributed by atoms with Crippen LogP contribution in [0.3, 0.4) is 0 Å². The van der Waals surface area contributed by atoms with E-state index in [1.807, 2.05) is 18.3 Å². The van der Waals surface area contributed by atoms with Gasteiger partial charge in [0.05, 0.1) is 0 Å². The van der Waals surface area contributed by atoms with Crippen LogP contribution < -0.4 is 0 Å². The Morgan fingerprint density at radius 1 is 0.765 bits per heavy atom. The molecule has 1 nitrogen and oxygen atoms in total. The minimum Gasteiger partial charge on any atom is -0.361 e. The Morgan fingerprint density at radius 3 is 2.41 bits per heavy atom. The molecule has 0 aliphatic rings. The molecular formula is C16H13N. The number of H-pyrrole nitrogens is 1. The molecule has 1 aromatic heterocycles. The van der Waals surface area contributed by atoms with Crippen molar-refractivity contribution in [3.63, 3.8) is 0 Å². The molecule has 17 heavy (non-hydrogen) atoms. The number of aromatic nitrogens is 1. The summed E-state index contributed by atoms with van der Waals surface area (Å²) < 4.78 is 0. The molecule has 1 heterocycles. The zero-order valence-corrected chi connectivity index (χ0v) is 9.43. The van der Waals surface area contributed by atoms with E-state index in [-0.39, 0.29) is 0 Å². The number of hydrogen-bond acceptors (Lipinski definition) is 0. The van der Waals surface area contributed by atoms with E-state index in [1.54, 1.807) is 0 Å². The van der Waals surface area contributed by atoms with Crippen LogP contribution in [0.4, 0.5) is 0 Å². The van der Waals surface area contributed by atoms with Crippen LogP contribution in [0.15, 0.2) is 60.8 Å². The monoisotopic (exact) mass is 219 g/mol. The van der Waals surface area contributed by atoms with Gasteiger partial charge in [0.25, 0.3) is 0 Å². The Balaban J connectivity index is 1.98. The van der Waals surface area contributed by atoms with Gasteiger partial charge in [-0.05, 0) is 17.2 Å². The summed E-state index contributed by atoms with van der Waals surface area (Å²) in [6.45, 7) is 0. The molecule has 0 bridgehead atoms. The van der Waals surface area contributed by atoms with Crippen molar-refractivity contribution in [1.29, 1.82) is 0 Å². The molecule has 3 rings (SSSR count). The molecule has 0 saturated carbocycles. The first-order valence-electron chi connectivity index (χ1n) is 5.73.